The van der Waals surface area contributed by atoms with E-state index in [1.165, 1.54) is 18.3 Å². The molecule has 1 amide bonds. The highest BCUT2D eigenvalue weighted by atomic mass is 35.5. The Labute approximate surface area is 210 Å². The molecule has 3 aromatic rings. The van der Waals surface area contributed by atoms with E-state index in [0.717, 1.165) is 18.1 Å². The Morgan fingerprint density at radius 3 is 2.64 bits per heavy atom. The van der Waals surface area contributed by atoms with Crippen molar-refractivity contribution in [2.24, 2.45) is 5.73 Å². The molecule has 190 valence electrons. The first kappa shape index (κ1) is 25.9. The fourth-order valence-corrected chi connectivity index (χ4v) is 4.29. The predicted octanol–water partition coefficient (Wildman–Crippen LogP) is 4.93. The first-order chi connectivity index (χ1) is 17.2. The lowest BCUT2D eigenvalue weighted by atomic mass is 9.95. The summed E-state index contributed by atoms with van der Waals surface area (Å²) in [5.74, 6) is -0.423. The van der Waals surface area contributed by atoms with Crippen LogP contribution in [-0.2, 0) is 17.5 Å². The molecule has 0 radical (unpaired) electrons. The summed E-state index contributed by atoms with van der Waals surface area (Å²) in [6.45, 7) is 2.86. The van der Waals surface area contributed by atoms with Crippen LogP contribution in [0.5, 0.6) is 6.01 Å². The van der Waals surface area contributed by atoms with Gasteiger partial charge in [-0.1, -0.05) is 41.9 Å². The normalized spacial score (nSPS) is 16.6. The van der Waals surface area contributed by atoms with Crippen LogP contribution in [0.15, 0.2) is 48.7 Å². The van der Waals surface area contributed by atoms with Crippen LogP contribution < -0.4 is 15.8 Å². The Balaban J connectivity index is 1.49. The number of benzene rings is 2. The van der Waals surface area contributed by atoms with Gasteiger partial charge in [-0.05, 0) is 35.7 Å². The van der Waals surface area contributed by atoms with Crippen molar-refractivity contribution < 1.29 is 27.4 Å². The van der Waals surface area contributed by atoms with Crippen LogP contribution >= 0.6 is 11.6 Å². The zero-order chi connectivity index (χ0) is 25.9. The molecule has 1 aliphatic heterocycles. The Bertz CT molecular complexity index is 1230. The zero-order valence-corrected chi connectivity index (χ0v) is 20.1. The van der Waals surface area contributed by atoms with Gasteiger partial charge in [-0.25, -0.2) is 4.98 Å². The van der Waals surface area contributed by atoms with E-state index in [0.29, 0.717) is 24.3 Å². The van der Waals surface area contributed by atoms with Gasteiger partial charge in [0.15, 0.2) is 0 Å². The number of nitrogens with two attached hydrogens (primary N) is 1. The second-order valence-electron chi connectivity index (χ2n) is 8.31. The van der Waals surface area contributed by atoms with E-state index in [1.54, 1.807) is 31.2 Å². The van der Waals surface area contributed by atoms with Gasteiger partial charge in [0.2, 0.25) is 0 Å². The SMILES string of the molecule is C[C@@H](NC(=O)c1ccnc(O[C@@H]2CCOC2)n1)c1ccc(-c2c(CN)ccc(C(F)(F)F)c2Cl)cc1. The molecule has 1 fully saturated rings. The summed E-state index contributed by atoms with van der Waals surface area (Å²) in [7, 11) is 0. The molecule has 7 nitrogen and oxygen atoms in total. The van der Waals surface area contributed by atoms with Crippen molar-refractivity contribution in [2.75, 3.05) is 13.2 Å². The number of rotatable bonds is 7. The Kier molecular flexibility index (Phi) is 7.77. The molecule has 0 unspecified atom stereocenters. The first-order valence-corrected chi connectivity index (χ1v) is 11.6. The summed E-state index contributed by atoms with van der Waals surface area (Å²) in [6.07, 6.45) is -2.56. The Morgan fingerprint density at radius 1 is 1.25 bits per heavy atom. The number of carbonyl (C=O) groups excluding carboxylic acids is 1. The second-order valence-corrected chi connectivity index (χ2v) is 8.69. The molecule has 11 heteroatoms. The highest BCUT2D eigenvalue weighted by Gasteiger charge is 2.34. The summed E-state index contributed by atoms with van der Waals surface area (Å²) in [5, 5.41) is 2.45. The summed E-state index contributed by atoms with van der Waals surface area (Å²) >= 11 is 6.16. The van der Waals surface area contributed by atoms with Gasteiger partial charge < -0.3 is 20.5 Å². The summed E-state index contributed by atoms with van der Waals surface area (Å²) < 4.78 is 51.0. The Morgan fingerprint density at radius 2 is 2.00 bits per heavy atom. The Hall–Kier alpha value is -3.21. The van der Waals surface area contributed by atoms with E-state index in [1.807, 2.05) is 0 Å². The van der Waals surface area contributed by atoms with Gasteiger partial charge in [0.1, 0.15) is 11.8 Å². The van der Waals surface area contributed by atoms with Crippen LogP contribution in [-0.4, -0.2) is 35.2 Å². The van der Waals surface area contributed by atoms with Crippen molar-refractivity contribution in [1.29, 1.82) is 0 Å². The maximum absolute atomic E-state index is 13.4. The van der Waals surface area contributed by atoms with Gasteiger partial charge in [-0.3, -0.25) is 4.79 Å². The van der Waals surface area contributed by atoms with E-state index in [4.69, 9.17) is 26.8 Å². The van der Waals surface area contributed by atoms with Crippen molar-refractivity contribution in [3.63, 3.8) is 0 Å². The van der Waals surface area contributed by atoms with Crippen molar-refractivity contribution in [3.05, 3.63) is 76.1 Å². The molecule has 0 aliphatic carbocycles. The lowest BCUT2D eigenvalue weighted by Crippen LogP contribution is -2.28. The van der Waals surface area contributed by atoms with Crippen molar-refractivity contribution in [1.82, 2.24) is 15.3 Å². The van der Waals surface area contributed by atoms with Gasteiger partial charge in [-0.15, -0.1) is 0 Å². The highest BCUT2D eigenvalue weighted by Crippen LogP contribution is 2.41. The summed E-state index contributed by atoms with van der Waals surface area (Å²) in [4.78, 5) is 21.0. The molecule has 2 aromatic carbocycles. The van der Waals surface area contributed by atoms with Gasteiger partial charge >= 0.3 is 12.2 Å². The minimum absolute atomic E-state index is 0.0276. The average molecular weight is 521 g/mol. The zero-order valence-electron chi connectivity index (χ0n) is 19.3. The van der Waals surface area contributed by atoms with Crippen molar-refractivity contribution >= 4 is 17.5 Å². The van der Waals surface area contributed by atoms with Gasteiger partial charge in [0, 0.05) is 24.7 Å². The quantitative estimate of drug-likeness (QED) is 0.458. The largest absolute Gasteiger partial charge is 0.458 e. The van der Waals surface area contributed by atoms with Crippen LogP contribution in [0.1, 0.15) is 46.6 Å². The van der Waals surface area contributed by atoms with E-state index in [2.05, 4.69) is 15.3 Å². The molecule has 4 rings (SSSR count). The van der Waals surface area contributed by atoms with Crippen LogP contribution in [0, 0.1) is 0 Å². The van der Waals surface area contributed by atoms with E-state index in [-0.39, 0.29) is 29.9 Å². The molecule has 0 spiro atoms. The number of hydrogen-bond donors (Lipinski definition) is 2. The van der Waals surface area contributed by atoms with Crippen molar-refractivity contribution in [2.45, 2.75) is 38.2 Å². The maximum atomic E-state index is 13.4. The monoisotopic (exact) mass is 520 g/mol. The number of nitrogens with one attached hydrogen (secondary N) is 1. The summed E-state index contributed by atoms with van der Waals surface area (Å²) in [6, 6.07) is 10.2. The first-order valence-electron chi connectivity index (χ1n) is 11.2. The van der Waals surface area contributed by atoms with Gasteiger partial charge in [0.25, 0.3) is 5.91 Å². The molecular weight excluding hydrogens is 497 g/mol. The number of aromatic nitrogens is 2. The molecule has 1 aromatic heterocycles. The number of carbonyl (C=O) groups is 1. The predicted molar refractivity (Wildman–Crippen MR) is 128 cm³/mol. The standard InChI is InChI=1S/C25H24ClF3N4O3/c1-14(32-23(34)20-8-10-31-24(33-20)36-18-9-11-35-13-18)15-2-4-16(5-3-15)21-17(12-30)6-7-19(22(21)26)25(27,28)29/h2-8,10,14,18H,9,11-13,30H2,1H3,(H,32,34)/t14-,18-/m1/s1. The molecule has 1 saturated heterocycles. The maximum Gasteiger partial charge on any atom is 0.417 e. The fraction of sp³-hybridized carbons (Fsp3) is 0.320. The van der Waals surface area contributed by atoms with Gasteiger partial charge in [-0.2, -0.15) is 18.2 Å². The van der Waals surface area contributed by atoms with Crippen LogP contribution in [0.25, 0.3) is 11.1 Å². The molecule has 3 N–H and O–H groups in total. The molecular formula is C25H24ClF3N4O3. The molecule has 0 bridgehead atoms. The van der Waals surface area contributed by atoms with Crippen LogP contribution in [0.3, 0.4) is 0 Å². The van der Waals surface area contributed by atoms with Crippen LogP contribution in [0.2, 0.25) is 5.02 Å². The lowest BCUT2D eigenvalue weighted by Gasteiger charge is -2.18. The topological polar surface area (TPSA) is 99.4 Å². The van der Waals surface area contributed by atoms with E-state index in [9.17, 15) is 18.0 Å². The molecule has 1 aliphatic rings. The molecule has 0 saturated carbocycles. The van der Waals surface area contributed by atoms with E-state index >= 15 is 0 Å². The fourth-order valence-electron chi connectivity index (χ4n) is 3.89. The third kappa shape index (κ3) is 5.77. The third-order valence-electron chi connectivity index (χ3n) is 5.83. The summed E-state index contributed by atoms with van der Waals surface area (Å²) in [5.41, 5.74) is 6.92. The molecule has 2 atom stereocenters. The third-order valence-corrected chi connectivity index (χ3v) is 6.22. The molecule has 2 heterocycles. The van der Waals surface area contributed by atoms with E-state index < -0.39 is 28.7 Å². The van der Waals surface area contributed by atoms with Crippen LogP contribution in [0.4, 0.5) is 13.2 Å². The number of halogens is 4. The molecule has 36 heavy (non-hydrogen) atoms. The second kappa shape index (κ2) is 10.8. The number of amides is 1. The minimum atomic E-state index is -4.59. The lowest BCUT2D eigenvalue weighted by molar-refractivity contribution is -0.137. The number of alkyl halides is 3. The van der Waals surface area contributed by atoms with Crippen molar-refractivity contribution in [3.8, 4) is 17.1 Å². The minimum Gasteiger partial charge on any atom is -0.458 e. The smallest absolute Gasteiger partial charge is 0.417 e. The number of nitrogens with zero attached hydrogens (tertiary/aromatic N) is 2. The highest BCUT2D eigenvalue weighted by molar-refractivity contribution is 6.34. The number of hydrogen-bond acceptors (Lipinski definition) is 6. The number of ether oxygens (including phenoxy) is 2. The average Bonchev–Trinajstić information content (AvgIpc) is 3.36. The van der Waals surface area contributed by atoms with Gasteiger partial charge in [0.05, 0.1) is 29.8 Å².